The van der Waals surface area contributed by atoms with Crippen molar-refractivity contribution in [2.24, 2.45) is 0 Å². The van der Waals surface area contributed by atoms with Crippen LogP contribution in [0.15, 0.2) is 64.4 Å². The molecule has 0 saturated carbocycles. The molecule has 0 aliphatic heterocycles. The molecule has 3 aromatic rings. The zero-order chi connectivity index (χ0) is 20.3. The molecule has 0 saturated heterocycles. The normalized spacial score (nSPS) is 10.8. The average Bonchev–Trinajstić information content (AvgIpc) is 2.70. The summed E-state index contributed by atoms with van der Waals surface area (Å²) in [6.45, 7) is 6.09. The molecule has 144 valence electrons. The van der Waals surface area contributed by atoms with Gasteiger partial charge >= 0.3 is 0 Å². The first-order chi connectivity index (χ1) is 13.5. The lowest BCUT2D eigenvalue weighted by Gasteiger charge is -2.22. The summed E-state index contributed by atoms with van der Waals surface area (Å²) >= 11 is 3.33. The van der Waals surface area contributed by atoms with Crippen molar-refractivity contribution in [1.82, 2.24) is 14.7 Å². The van der Waals surface area contributed by atoms with Gasteiger partial charge in [0.25, 0.3) is 11.5 Å². The van der Waals surface area contributed by atoms with Crippen molar-refractivity contribution < 1.29 is 9.18 Å². The molecule has 0 aliphatic rings. The molecule has 0 radical (unpaired) electrons. The van der Waals surface area contributed by atoms with E-state index in [9.17, 15) is 14.0 Å². The van der Waals surface area contributed by atoms with E-state index < -0.39 is 11.7 Å². The van der Waals surface area contributed by atoms with Crippen LogP contribution in [0.5, 0.6) is 0 Å². The van der Waals surface area contributed by atoms with Gasteiger partial charge in [0.05, 0.1) is 5.39 Å². The highest BCUT2D eigenvalue weighted by molar-refractivity contribution is 9.10. The number of carbonyl (C=O) groups is 1. The molecule has 0 atom stereocenters. The van der Waals surface area contributed by atoms with Crippen LogP contribution in [0, 0.1) is 5.82 Å². The number of nitrogens with zero attached hydrogens (tertiary/aromatic N) is 3. The minimum absolute atomic E-state index is 0.0530. The van der Waals surface area contributed by atoms with E-state index in [1.807, 2.05) is 0 Å². The van der Waals surface area contributed by atoms with Gasteiger partial charge < -0.3 is 4.90 Å². The summed E-state index contributed by atoms with van der Waals surface area (Å²) in [5, 5.41) is 5.18. The van der Waals surface area contributed by atoms with Crippen molar-refractivity contribution in [2.45, 2.75) is 20.0 Å². The van der Waals surface area contributed by atoms with Gasteiger partial charge in [-0.2, -0.15) is 5.10 Å². The lowest BCUT2D eigenvalue weighted by atomic mass is 10.1. The van der Waals surface area contributed by atoms with Crippen molar-refractivity contribution in [3.63, 3.8) is 0 Å². The zero-order valence-corrected chi connectivity index (χ0v) is 16.9. The van der Waals surface area contributed by atoms with Crippen molar-refractivity contribution >= 4 is 32.6 Å². The quantitative estimate of drug-likeness (QED) is 0.537. The Labute approximate surface area is 170 Å². The third-order valence-electron chi connectivity index (χ3n) is 4.38. The van der Waals surface area contributed by atoms with Crippen LogP contribution in [0.25, 0.3) is 10.8 Å². The van der Waals surface area contributed by atoms with E-state index in [2.05, 4.69) is 27.6 Å². The Balaban J connectivity index is 2.09. The number of amides is 1. The van der Waals surface area contributed by atoms with Gasteiger partial charge in [-0.15, -0.1) is 6.58 Å². The Kier molecular flexibility index (Phi) is 6.04. The van der Waals surface area contributed by atoms with Gasteiger partial charge in [-0.3, -0.25) is 9.59 Å². The third-order valence-corrected chi connectivity index (χ3v) is 4.87. The minimum atomic E-state index is -0.401. The van der Waals surface area contributed by atoms with Crippen LogP contribution in [-0.4, -0.2) is 27.1 Å². The van der Waals surface area contributed by atoms with Gasteiger partial charge in [-0.1, -0.05) is 40.2 Å². The summed E-state index contributed by atoms with van der Waals surface area (Å²) in [4.78, 5) is 27.3. The summed E-state index contributed by atoms with van der Waals surface area (Å²) in [6, 6.07) is 11.5. The van der Waals surface area contributed by atoms with Crippen molar-refractivity contribution in [3.05, 3.63) is 87.0 Å². The number of carbonyl (C=O) groups excluding carboxylic acids is 1. The number of aryl methyl sites for hydroxylation is 1. The number of fused-ring (bicyclic) bond motifs is 1. The molecule has 1 aromatic heterocycles. The smallest absolute Gasteiger partial charge is 0.275 e. The summed E-state index contributed by atoms with van der Waals surface area (Å²) in [7, 11) is 0. The predicted molar refractivity (Wildman–Crippen MR) is 111 cm³/mol. The van der Waals surface area contributed by atoms with Crippen LogP contribution in [0.2, 0.25) is 0 Å². The first-order valence-electron chi connectivity index (χ1n) is 8.80. The van der Waals surface area contributed by atoms with Gasteiger partial charge in [-0.05, 0) is 31.2 Å². The topological polar surface area (TPSA) is 55.2 Å². The summed E-state index contributed by atoms with van der Waals surface area (Å²) in [6.07, 6.45) is 1.58. The second-order valence-electron chi connectivity index (χ2n) is 6.23. The van der Waals surface area contributed by atoms with Gasteiger partial charge in [0, 0.05) is 35.1 Å². The molecule has 7 heteroatoms. The number of hydrogen-bond acceptors (Lipinski definition) is 3. The number of aromatic nitrogens is 2. The highest BCUT2D eigenvalue weighted by Crippen LogP contribution is 2.20. The van der Waals surface area contributed by atoms with Crippen LogP contribution in [0.3, 0.4) is 0 Å². The predicted octanol–water partition coefficient (Wildman–Crippen LogP) is 4.15. The number of benzene rings is 2. The van der Waals surface area contributed by atoms with Crippen molar-refractivity contribution in [3.8, 4) is 0 Å². The number of halogens is 2. The van der Waals surface area contributed by atoms with Gasteiger partial charge in [0.15, 0.2) is 5.69 Å². The van der Waals surface area contributed by atoms with Gasteiger partial charge in [-0.25, -0.2) is 9.07 Å². The lowest BCUT2D eigenvalue weighted by Crippen LogP contribution is -2.34. The van der Waals surface area contributed by atoms with E-state index in [1.165, 1.54) is 15.6 Å². The van der Waals surface area contributed by atoms with E-state index in [4.69, 9.17) is 0 Å². The van der Waals surface area contributed by atoms with Crippen LogP contribution in [0.4, 0.5) is 4.39 Å². The van der Waals surface area contributed by atoms with Gasteiger partial charge in [0.1, 0.15) is 5.82 Å². The summed E-state index contributed by atoms with van der Waals surface area (Å²) in [5.74, 6) is -0.793. The number of rotatable bonds is 6. The van der Waals surface area contributed by atoms with E-state index in [1.54, 1.807) is 49.4 Å². The van der Waals surface area contributed by atoms with Crippen LogP contribution < -0.4 is 5.56 Å². The monoisotopic (exact) mass is 443 g/mol. The third kappa shape index (κ3) is 3.89. The molecule has 3 rings (SSSR count). The Morgan fingerprint density at radius 1 is 1.29 bits per heavy atom. The molecule has 5 nitrogen and oxygen atoms in total. The lowest BCUT2D eigenvalue weighted by molar-refractivity contribution is 0.0755. The number of hydrogen-bond donors (Lipinski definition) is 0. The molecular weight excluding hydrogens is 425 g/mol. The first-order valence-corrected chi connectivity index (χ1v) is 9.59. The molecule has 0 N–H and O–H groups in total. The second-order valence-corrected chi connectivity index (χ2v) is 7.14. The summed E-state index contributed by atoms with van der Waals surface area (Å²) < 4.78 is 16.2. The SMILES string of the molecule is C=CCN(Cc1cc(Br)ccc1F)C(=O)c1nn(CC)c(=O)c2ccccc12. The maximum Gasteiger partial charge on any atom is 0.275 e. The molecule has 1 heterocycles. The maximum absolute atomic E-state index is 14.2. The Hall–Kier alpha value is -2.80. The fourth-order valence-corrected chi connectivity index (χ4v) is 3.41. The molecule has 0 spiro atoms. The molecular formula is C21H19BrFN3O2. The van der Waals surface area contributed by atoms with Crippen molar-refractivity contribution in [1.29, 1.82) is 0 Å². The van der Waals surface area contributed by atoms with Crippen LogP contribution in [0.1, 0.15) is 23.0 Å². The standard InChI is InChI=1S/C21H19BrFN3O2/c1-3-11-25(13-14-12-15(22)9-10-18(14)23)21(28)19-16-7-5-6-8-17(16)20(27)26(4-2)24-19/h3,5-10,12H,1,4,11,13H2,2H3. The Bertz CT molecular complexity index is 1110. The molecule has 28 heavy (non-hydrogen) atoms. The molecule has 0 unspecified atom stereocenters. The van der Waals surface area contributed by atoms with E-state index in [-0.39, 0.29) is 24.3 Å². The molecule has 2 aromatic carbocycles. The second kappa shape index (κ2) is 8.48. The molecule has 0 bridgehead atoms. The summed E-state index contributed by atoms with van der Waals surface area (Å²) in [5.41, 5.74) is 0.287. The van der Waals surface area contributed by atoms with Crippen LogP contribution in [-0.2, 0) is 13.1 Å². The highest BCUT2D eigenvalue weighted by Gasteiger charge is 2.22. The van der Waals surface area contributed by atoms with E-state index in [0.717, 1.165) is 4.47 Å². The van der Waals surface area contributed by atoms with Gasteiger partial charge in [0.2, 0.25) is 0 Å². The average molecular weight is 444 g/mol. The van der Waals surface area contributed by atoms with E-state index in [0.29, 0.717) is 22.9 Å². The molecule has 0 aliphatic carbocycles. The van der Waals surface area contributed by atoms with Crippen molar-refractivity contribution in [2.75, 3.05) is 6.54 Å². The molecule has 0 fully saturated rings. The minimum Gasteiger partial charge on any atom is -0.329 e. The highest BCUT2D eigenvalue weighted by atomic mass is 79.9. The zero-order valence-electron chi connectivity index (χ0n) is 15.4. The Morgan fingerprint density at radius 2 is 2.00 bits per heavy atom. The van der Waals surface area contributed by atoms with E-state index >= 15 is 0 Å². The Morgan fingerprint density at radius 3 is 2.68 bits per heavy atom. The maximum atomic E-state index is 14.2. The fraction of sp³-hybridized carbons (Fsp3) is 0.190. The largest absolute Gasteiger partial charge is 0.329 e. The fourth-order valence-electron chi connectivity index (χ4n) is 3.00. The first kappa shape index (κ1) is 19.9. The molecule has 1 amide bonds. The van der Waals surface area contributed by atoms with Crippen LogP contribution >= 0.6 is 15.9 Å².